The van der Waals surface area contributed by atoms with Gasteiger partial charge in [-0.25, -0.2) is 0 Å². The summed E-state index contributed by atoms with van der Waals surface area (Å²) < 4.78 is 0. The van der Waals surface area contributed by atoms with Gasteiger partial charge in [-0.15, -0.1) is 0 Å². The number of rotatable bonds is 4. The van der Waals surface area contributed by atoms with Gasteiger partial charge >= 0.3 is 0 Å². The number of pyridine rings is 1. The van der Waals surface area contributed by atoms with Crippen LogP contribution < -0.4 is 10.7 Å². The van der Waals surface area contributed by atoms with E-state index in [1.54, 1.807) is 6.92 Å². The van der Waals surface area contributed by atoms with Crippen LogP contribution in [-0.2, 0) is 0 Å². The molecule has 5 heteroatoms. The predicted octanol–water partition coefficient (Wildman–Crippen LogP) is 1.11. The van der Waals surface area contributed by atoms with Crippen molar-refractivity contribution < 1.29 is 4.79 Å². The molecule has 1 unspecified atom stereocenters. The van der Waals surface area contributed by atoms with Crippen LogP contribution >= 0.6 is 0 Å². The molecular weight excluding hydrogens is 218 g/mol. The topological polar surface area (TPSA) is 85.8 Å². The molecule has 0 spiro atoms. The Morgan fingerprint density at radius 2 is 2.35 bits per heavy atom. The summed E-state index contributed by atoms with van der Waals surface area (Å²) in [5.74, 6) is -0.508. The summed E-state index contributed by atoms with van der Waals surface area (Å²) in [7, 11) is 0. The third kappa shape index (κ3) is 3.45. The quantitative estimate of drug-likeness (QED) is 0.816. The van der Waals surface area contributed by atoms with Crippen LogP contribution in [0.3, 0.4) is 0 Å². The maximum Gasteiger partial charge on any atom is 0.257 e. The summed E-state index contributed by atoms with van der Waals surface area (Å²) in [5.41, 5.74) is 0.385. The van der Waals surface area contributed by atoms with Gasteiger partial charge in [0.05, 0.1) is 6.07 Å². The van der Waals surface area contributed by atoms with Crippen molar-refractivity contribution in [3.05, 3.63) is 33.7 Å². The third-order valence-electron chi connectivity index (χ3n) is 2.34. The van der Waals surface area contributed by atoms with Crippen molar-refractivity contribution in [2.24, 2.45) is 0 Å². The number of carbonyl (C=O) groups excluding carboxylic acids is 1. The molecule has 0 saturated heterocycles. The molecule has 1 amide bonds. The number of aromatic amines is 1. The average Bonchev–Trinajstić information content (AvgIpc) is 2.28. The zero-order valence-corrected chi connectivity index (χ0v) is 9.91. The van der Waals surface area contributed by atoms with Gasteiger partial charge < -0.3 is 10.3 Å². The lowest BCUT2D eigenvalue weighted by Gasteiger charge is -2.09. The Kier molecular flexibility index (Phi) is 4.46. The van der Waals surface area contributed by atoms with Crippen molar-refractivity contribution in [1.29, 1.82) is 5.26 Å². The maximum atomic E-state index is 11.7. The molecule has 5 nitrogen and oxygen atoms in total. The lowest BCUT2D eigenvalue weighted by atomic mass is 10.1. The minimum atomic E-state index is -0.548. The molecular formula is C12H15N3O2. The number of nitrogens with zero attached hydrogens (tertiary/aromatic N) is 1. The summed E-state index contributed by atoms with van der Waals surface area (Å²) in [5, 5.41) is 11.3. The third-order valence-corrected chi connectivity index (χ3v) is 2.34. The van der Waals surface area contributed by atoms with Crippen molar-refractivity contribution in [2.45, 2.75) is 32.7 Å². The SMILES string of the molecule is CCCC(C#N)NC(=O)c1c[nH]c(C)cc1=O. The zero-order chi connectivity index (χ0) is 12.8. The van der Waals surface area contributed by atoms with Crippen LogP contribution in [0, 0.1) is 18.3 Å². The molecule has 0 fully saturated rings. The Morgan fingerprint density at radius 1 is 1.65 bits per heavy atom. The van der Waals surface area contributed by atoms with Gasteiger partial charge in [0.1, 0.15) is 11.6 Å². The summed E-state index contributed by atoms with van der Waals surface area (Å²) in [6, 6.07) is 2.80. The highest BCUT2D eigenvalue weighted by Crippen LogP contribution is 1.98. The van der Waals surface area contributed by atoms with E-state index < -0.39 is 11.9 Å². The van der Waals surface area contributed by atoms with E-state index in [2.05, 4.69) is 10.3 Å². The predicted molar refractivity (Wildman–Crippen MR) is 63.6 cm³/mol. The molecule has 1 rings (SSSR count). The fraction of sp³-hybridized carbons (Fsp3) is 0.417. The average molecular weight is 233 g/mol. The molecule has 0 saturated carbocycles. The number of carbonyl (C=O) groups is 1. The normalized spacial score (nSPS) is 11.6. The summed E-state index contributed by atoms with van der Waals surface area (Å²) >= 11 is 0. The first-order chi connectivity index (χ1) is 8.08. The summed E-state index contributed by atoms with van der Waals surface area (Å²) in [6.07, 6.45) is 2.74. The van der Waals surface area contributed by atoms with Crippen LogP contribution in [0.1, 0.15) is 35.8 Å². The maximum absolute atomic E-state index is 11.7. The van der Waals surface area contributed by atoms with E-state index in [0.29, 0.717) is 12.1 Å². The number of nitriles is 1. The van der Waals surface area contributed by atoms with Crippen LogP contribution in [0.15, 0.2) is 17.1 Å². The van der Waals surface area contributed by atoms with E-state index in [1.165, 1.54) is 12.3 Å². The molecule has 1 aromatic rings. The van der Waals surface area contributed by atoms with Gasteiger partial charge in [0.15, 0.2) is 5.43 Å². The van der Waals surface area contributed by atoms with E-state index in [-0.39, 0.29) is 11.0 Å². The monoisotopic (exact) mass is 233 g/mol. The van der Waals surface area contributed by atoms with Gasteiger partial charge in [0.2, 0.25) is 0 Å². The van der Waals surface area contributed by atoms with Gasteiger partial charge in [0, 0.05) is 18.0 Å². The van der Waals surface area contributed by atoms with Crippen LogP contribution in [0.4, 0.5) is 0 Å². The Labute approximate surface area is 99.5 Å². The Bertz CT molecular complexity index is 499. The molecule has 0 aromatic carbocycles. The second kappa shape index (κ2) is 5.85. The first-order valence-electron chi connectivity index (χ1n) is 5.48. The van der Waals surface area contributed by atoms with E-state index in [1.807, 2.05) is 13.0 Å². The van der Waals surface area contributed by atoms with Gasteiger partial charge in [-0.1, -0.05) is 13.3 Å². The number of hydrogen-bond acceptors (Lipinski definition) is 3. The van der Waals surface area contributed by atoms with E-state index in [4.69, 9.17) is 5.26 Å². The lowest BCUT2D eigenvalue weighted by Crippen LogP contribution is -2.36. The number of nitrogens with one attached hydrogen (secondary N) is 2. The molecule has 90 valence electrons. The minimum Gasteiger partial charge on any atom is -0.364 e. The number of H-pyrrole nitrogens is 1. The summed E-state index contributed by atoms with van der Waals surface area (Å²) in [6.45, 7) is 3.66. The number of aromatic nitrogens is 1. The van der Waals surface area contributed by atoms with Crippen molar-refractivity contribution in [3.8, 4) is 6.07 Å². The van der Waals surface area contributed by atoms with Gasteiger partial charge in [-0.2, -0.15) is 5.26 Å². The van der Waals surface area contributed by atoms with Crippen LogP contribution in [-0.4, -0.2) is 16.9 Å². The largest absolute Gasteiger partial charge is 0.364 e. The van der Waals surface area contributed by atoms with Crippen LogP contribution in [0.25, 0.3) is 0 Å². The van der Waals surface area contributed by atoms with Gasteiger partial charge in [-0.3, -0.25) is 9.59 Å². The fourth-order valence-electron chi connectivity index (χ4n) is 1.44. The second-order valence-electron chi connectivity index (χ2n) is 3.84. The molecule has 17 heavy (non-hydrogen) atoms. The number of amides is 1. The molecule has 2 N–H and O–H groups in total. The Morgan fingerprint density at radius 3 is 2.88 bits per heavy atom. The van der Waals surface area contributed by atoms with Crippen LogP contribution in [0.2, 0.25) is 0 Å². The molecule has 0 aliphatic carbocycles. The highest BCUT2D eigenvalue weighted by Gasteiger charge is 2.14. The number of hydrogen-bond donors (Lipinski definition) is 2. The van der Waals surface area contributed by atoms with E-state index in [0.717, 1.165) is 6.42 Å². The van der Waals surface area contributed by atoms with Crippen molar-refractivity contribution in [3.63, 3.8) is 0 Å². The zero-order valence-electron chi connectivity index (χ0n) is 9.91. The van der Waals surface area contributed by atoms with Crippen molar-refractivity contribution in [2.75, 3.05) is 0 Å². The Hall–Kier alpha value is -2.09. The lowest BCUT2D eigenvalue weighted by molar-refractivity contribution is 0.0942. The van der Waals surface area contributed by atoms with Crippen LogP contribution in [0.5, 0.6) is 0 Å². The minimum absolute atomic E-state index is 0.0342. The van der Waals surface area contributed by atoms with E-state index >= 15 is 0 Å². The molecule has 1 atom stereocenters. The highest BCUT2D eigenvalue weighted by molar-refractivity contribution is 5.94. The molecule has 0 aliphatic rings. The van der Waals surface area contributed by atoms with Gasteiger partial charge in [0.25, 0.3) is 5.91 Å². The molecule has 1 aromatic heterocycles. The second-order valence-corrected chi connectivity index (χ2v) is 3.84. The van der Waals surface area contributed by atoms with Crippen molar-refractivity contribution in [1.82, 2.24) is 10.3 Å². The smallest absolute Gasteiger partial charge is 0.257 e. The molecule has 0 aliphatic heterocycles. The first-order valence-corrected chi connectivity index (χ1v) is 5.48. The Balaban J connectivity index is 2.83. The summed E-state index contributed by atoms with van der Waals surface area (Å²) in [4.78, 5) is 26.1. The van der Waals surface area contributed by atoms with Crippen molar-refractivity contribution >= 4 is 5.91 Å². The fourth-order valence-corrected chi connectivity index (χ4v) is 1.44. The molecule has 1 heterocycles. The molecule has 0 radical (unpaired) electrons. The van der Waals surface area contributed by atoms with Gasteiger partial charge in [-0.05, 0) is 13.3 Å². The number of aryl methyl sites for hydroxylation is 1. The standard InChI is InChI=1S/C12H15N3O2/c1-3-4-9(6-13)15-12(17)10-7-14-8(2)5-11(10)16/h5,7,9H,3-4H2,1-2H3,(H,14,16)(H,15,17). The first kappa shape index (κ1) is 13.0. The molecule has 0 bridgehead atoms. The highest BCUT2D eigenvalue weighted by atomic mass is 16.2. The van der Waals surface area contributed by atoms with E-state index in [9.17, 15) is 9.59 Å².